The van der Waals surface area contributed by atoms with Gasteiger partial charge in [-0.05, 0) is 33.4 Å². The summed E-state index contributed by atoms with van der Waals surface area (Å²) < 4.78 is 0. The summed E-state index contributed by atoms with van der Waals surface area (Å²) in [5, 5.41) is 5.82. The normalized spacial score (nSPS) is 10.1. The zero-order valence-electron chi connectivity index (χ0n) is 11.2. The van der Waals surface area contributed by atoms with Gasteiger partial charge in [0, 0.05) is 19.5 Å². The van der Waals surface area contributed by atoms with Crippen LogP contribution in [0, 0.1) is 0 Å². The van der Waals surface area contributed by atoms with Gasteiger partial charge in [-0.2, -0.15) is 0 Å². The average Bonchev–Trinajstić information content (AvgIpc) is 2.32. The van der Waals surface area contributed by atoms with Crippen molar-refractivity contribution in [2.75, 3.05) is 33.2 Å². The standard InChI is InChI=1S/C12H25N3O2/c1-4-7-12(17)15(5-2)10-11(16)14-9-6-8-13-3/h13H,4-10H2,1-3H3,(H,14,16). The van der Waals surface area contributed by atoms with Crippen LogP contribution in [0.15, 0.2) is 0 Å². The molecule has 0 radical (unpaired) electrons. The van der Waals surface area contributed by atoms with Crippen LogP contribution in [0.5, 0.6) is 0 Å². The minimum Gasteiger partial charge on any atom is -0.355 e. The van der Waals surface area contributed by atoms with E-state index in [4.69, 9.17) is 0 Å². The van der Waals surface area contributed by atoms with E-state index in [1.165, 1.54) is 0 Å². The number of likely N-dealkylation sites (N-methyl/N-ethyl adjacent to an activating group) is 1. The number of carbonyl (C=O) groups is 2. The number of amides is 2. The summed E-state index contributed by atoms with van der Waals surface area (Å²) >= 11 is 0. The maximum atomic E-state index is 11.6. The molecule has 100 valence electrons. The zero-order chi connectivity index (χ0) is 13.1. The van der Waals surface area contributed by atoms with Gasteiger partial charge in [-0.15, -0.1) is 0 Å². The minimum atomic E-state index is -0.0765. The van der Waals surface area contributed by atoms with E-state index in [1.807, 2.05) is 20.9 Å². The molecule has 0 saturated carbocycles. The van der Waals surface area contributed by atoms with Crippen LogP contribution in [0.4, 0.5) is 0 Å². The summed E-state index contributed by atoms with van der Waals surface area (Å²) in [4.78, 5) is 24.8. The van der Waals surface area contributed by atoms with Crippen LogP contribution >= 0.6 is 0 Å². The van der Waals surface area contributed by atoms with Crippen LogP contribution in [-0.4, -0.2) is 49.9 Å². The van der Waals surface area contributed by atoms with Crippen molar-refractivity contribution in [2.45, 2.75) is 33.1 Å². The summed E-state index contributed by atoms with van der Waals surface area (Å²) in [7, 11) is 1.88. The molecule has 0 aliphatic carbocycles. The largest absolute Gasteiger partial charge is 0.355 e. The fourth-order valence-electron chi connectivity index (χ4n) is 1.47. The molecule has 0 aromatic carbocycles. The summed E-state index contributed by atoms with van der Waals surface area (Å²) in [6, 6.07) is 0. The van der Waals surface area contributed by atoms with Gasteiger partial charge in [0.05, 0.1) is 6.54 Å². The number of hydrogen-bond donors (Lipinski definition) is 2. The van der Waals surface area contributed by atoms with E-state index in [0.29, 0.717) is 19.5 Å². The van der Waals surface area contributed by atoms with Crippen molar-refractivity contribution in [3.63, 3.8) is 0 Å². The third kappa shape index (κ3) is 7.74. The molecule has 5 nitrogen and oxygen atoms in total. The van der Waals surface area contributed by atoms with E-state index in [1.54, 1.807) is 4.90 Å². The van der Waals surface area contributed by atoms with Gasteiger partial charge in [-0.25, -0.2) is 0 Å². The van der Waals surface area contributed by atoms with Crippen molar-refractivity contribution < 1.29 is 9.59 Å². The van der Waals surface area contributed by atoms with Crippen molar-refractivity contribution in [2.24, 2.45) is 0 Å². The molecule has 0 aromatic rings. The van der Waals surface area contributed by atoms with Gasteiger partial charge >= 0.3 is 0 Å². The van der Waals surface area contributed by atoms with Crippen molar-refractivity contribution in [1.82, 2.24) is 15.5 Å². The van der Waals surface area contributed by atoms with Gasteiger partial charge < -0.3 is 15.5 Å². The third-order valence-electron chi connectivity index (χ3n) is 2.46. The lowest BCUT2D eigenvalue weighted by atomic mass is 10.3. The molecule has 2 amide bonds. The molecular weight excluding hydrogens is 218 g/mol. The molecule has 5 heteroatoms. The lowest BCUT2D eigenvalue weighted by molar-refractivity contribution is -0.135. The number of nitrogens with one attached hydrogen (secondary N) is 2. The monoisotopic (exact) mass is 243 g/mol. The summed E-state index contributed by atoms with van der Waals surface area (Å²) in [6.07, 6.45) is 2.23. The Hall–Kier alpha value is -1.10. The lowest BCUT2D eigenvalue weighted by Gasteiger charge is -2.20. The highest BCUT2D eigenvalue weighted by Gasteiger charge is 2.13. The molecule has 2 N–H and O–H groups in total. The van der Waals surface area contributed by atoms with E-state index < -0.39 is 0 Å². The Labute approximate surface area is 104 Å². The molecule has 0 atom stereocenters. The molecule has 0 fully saturated rings. The second-order valence-electron chi connectivity index (χ2n) is 3.96. The van der Waals surface area contributed by atoms with Crippen LogP contribution in [0.3, 0.4) is 0 Å². The van der Waals surface area contributed by atoms with E-state index in [0.717, 1.165) is 19.4 Å². The second-order valence-corrected chi connectivity index (χ2v) is 3.96. The highest BCUT2D eigenvalue weighted by Crippen LogP contribution is 1.97. The maximum Gasteiger partial charge on any atom is 0.239 e. The quantitative estimate of drug-likeness (QED) is 0.575. The molecule has 0 bridgehead atoms. The summed E-state index contributed by atoms with van der Waals surface area (Å²) in [5.41, 5.74) is 0. The third-order valence-corrected chi connectivity index (χ3v) is 2.46. The molecule has 0 spiro atoms. The van der Waals surface area contributed by atoms with Crippen molar-refractivity contribution in [1.29, 1.82) is 0 Å². The fourth-order valence-corrected chi connectivity index (χ4v) is 1.47. The molecule has 0 rings (SSSR count). The van der Waals surface area contributed by atoms with E-state index in [9.17, 15) is 9.59 Å². The van der Waals surface area contributed by atoms with E-state index in [2.05, 4.69) is 10.6 Å². The number of nitrogens with zero attached hydrogens (tertiary/aromatic N) is 1. The fraction of sp³-hybridized carbons (Fsp3) is 0.833. The van der Waals surface area contributed by atoms with Crippen LogP contribution in [0.2, 0.25) is 0 Å². The first-order chi connectivity index (χ1) is 8.15. The minimum absolute atomic E-state index is 0.0559. The predicted octanol–water partition coefficient (Wildman–Crippen LogP) is 0.361. The molecule has 0 aromatic heterocycles. The van der Waals surface area contributed by atoms with Crippen molar-refractivity contribution in [3.05, 3.63) is 0 Å². The number of hydrogen-bond acceptors (Lipinski definition) is 3. The predicted molar refractivity (Wildman–Crippen MR) is 68.7 cm³/mol. The van der Waals surface area contributed by atoms with Crippen LogP contribution in [0.25, 0.3) is 0 Å². The maximum absolute atomic E-state index is 11.6. The van der Waals surface area contributed by atoms with Gasteiger partial charge in [0.15, 0.2) is 0 Å². The first kappa shape index (κ1) is 15.9. The Morgan fingerprint density at radius 3 is 2.41 bits per heavy atom. The van der Waals surface area contributed by atoms with Gasteiger partial charge in [-0.3, -0.25) is 9.59 Å². The van der Waals surface area contributed by atoms with E-state index >= 15 is 0 Å². The van der Waals surface area contributed by atoms with Gasteiger partial charge in [-0.1, -0.05) is 6.92 Å². The number of rotatable bonds is 9. The lowest BCUT2D eigenvalue weighted by Crippen LogP contribution is -2.41. The second kappa shape index (κ2) is 10.1. The SMILES string of the molecule is CCCC(=O)N(CC)CC(=O)NCCCNC. The zero-order valence-corrected chi connectivity index (χ0v) is 11.2. The smallest absolute Gasteiger partial charge is 0.239 e. The number of carbonyl (C=O) groups excluding carboxylic acids is 2. The highest BCUT2D eigenvalue weighted by atomic mass is 16.2. The van der Waals surface area contributed by atoms with Crippen LogP contribution < -0.4 is 10.6 Å². The topological polar surface area (TPSA) is 61.4 Å². The Morgan fingerprint density at radius 2 is 1.88 bits per heavy atom. The van der Waals surface area contributed by atoms with E-state index in [-0.39, 0.29) is 18.4 Å². The highest BCUT2D eigenvalue weighted by molar-refractivity contribution is 5.84. The molecule has 0 aliphatic heterocycles. The van der Waals surface area contributed by atoms with Crippen molar-refractivity contribution >= 4 is 11.8 Å². The van der Waals surface area contributed by atoms with Gasteiger partial charge in [0.25, 0.3) is 0 Å². The Morgan fingerprint density at radius 1 is 1.18 bits per heavy atom. The Kier molecular flexibility index (Phi) is 9.43. The van der Waals surface area contributed by atoms with Crippen LogP contribution in [-0.2, 0) is 9.59 Å². The van der Waals surface area contributed by atoms with Gasteiger partial charge in [0.2, 0.25) is 11.8 Å². The molecule has 0 aliphatic rings. The Balaban J connectivity index is 3.85. The Bertz CT molecular complexity index is 232. The van der Waals surface area contributed by atoms with Crippen molar-refractivity contribution in [3.8, 4) is 0 Å². The molecule has 0 unspecified atom stereocenters. The molecule has 0 heterocycles. The first-order valence-electron chi connectivity index (χ1n) is 6.34. The molecule has 0 saturated heterocycles. The molecular formula is C12H25N3O2. The summed E-state index contributed by atoms with van der Waals surface area (Å²) in [5.74, 6) is -0.0206. The van der Waals surface area contributed by atoms with Crippen LogP contribution in [0.1, 0.15) is 33.1 Å². The average molecular weight is 243 g/mol. The van der Waals surface area contributed by atoms with Gasteiger partial charge in [0.1, 0.15) is 0 Å². The summed E-state index contributed by atoms with van der Waals surface area (Å²) in [6.45, 7) is 6.15. The first-order valence-corrected chi connectivity index (χ1v) is 6.34. The molecule has 17 heavy (non-hydrogen) atoms.